The van der Waals surface area contributed by atoms with E-state index in [1.54, 1.807) is 78.9 Å². The fourth-order valence-corrected chi connectivity index (χ4v) is 4.57. The van der Waals surface area contributed by atoms with Crippen molar-refractivity contribution in [3.8, 4) is 0 Å². The number of nitrogens with one attached hydrogen (secondary N) is 6. The van der Waals surface area contributed by atoms with Gasteiger partial charge in [0.2, 0.25) is 23.6 Å². The van der Waals surface area contributed by atoms with E-state index in [4.69, 9.17) is 33.8 Å². The van der Waals surface area contributed by atoms with Crippen molar-refractivity contribution in [1.82, 2.24) is 16.0 Å². The summed E-state index contributed by atoms with van der Waals surface area (Å²) in [5.74, 6) is -4.39. The zero-order valence-electron chi connectivity index (χ0n) is 25.2. The molecule has 0 saturated heterocycles. The minimum atomic E-state index is -1.27. The van der Waals surface area contributed by atoms with Crippen molar-refractivity contribution in [2.45, 2.75) is 37.8 Å². The Morgan fingerprint density at radius 3 is 1.87 bits per heavy atom. The van der Waals surface area contributed by atoms with E-state index >= 15 is 0 Å². The van der Waals surface area contributed by atoms with Gasteiger partial charge in [-0.2, -0.15) is 0 Å². The number of benzene rings is 3. The minimum absolute atomic E-state index is 0.0219. The molecule has 0 fully saturated rings. The van der Waals surface area contributed by atoms with Gasteiger partial charge >= 0.3 is 0 Å². The lowest BCUT2D eigenvalue weighted by molar-refractivity contribution is -0.136. The highest BCUT2D eigenvalue weighted by Crippen LogP contribution is 2.16. The Hall–Kier alpha value is -5.92. The number of hydrogen-bond donors (Lipinski definition) is 10. The van der Waals surface area contributed by atoms with E-state index in [2.05, 4.69) is 21.3 Å². The molecular formula is C32H40N10O4. The molecule has 3 atom stereocenters. The second-order valence-corrected chi connectivity index (χ2v) is 10.7. The van der Waals surface area contributed by atoms with Crippen molar-refractivity contribution in [3.63, 3.8) is 0 Å². The Balaban J connectivity index is 1.87. The second-order valence-electron chi connectivity index (χ2n) is 10.7. The summed E-state index contributed by atoms with van der Waals surface area (Å²) in [7, 11) is 0. The normalized spacial score (nSPS) is 12.5. The van der Waals surface area contributed by atoms with Crippen molar-refractivity contribution < 1.29 is 19.2 Å². The Labute approximate surface area is 266 Å². The van der Waals surface area contributed by atoms with Gasteiger partial charge in [0.05, 0.1) is 0 Å². The summed E-state index contributed by atoms with van der Waals surface area (Å²) in [6.07, 6.45) is 0.524. The monoisotopic (exact) mass is 628 g/mol. The molecule has 0 saturated carbocycles. The largest absolute Gasteiger partial charge is 0.399 e. The molecule has 0 spiro atoms. The molecular weight excluding hydrogens is 588 g/mol. The lowest BCUT2D eigenvalue weighted by Crippen LogP contribution is -2.55. The molecule has 14 nitrogen and oxygen atoms in total. The SMILES string of the molecule is N=C(N)NCCC[C@H](NC(=O)C(Cc1ccc(N)cc1)NC(=O)C(Cc1ccc(C(=N)N)cc1)C(=O)Nc1ccccc1)C(N)=O. The van der Waals surface area contributed by atoms with Crippen LogP contribution in [0.5, 0.6) is 0 Å². The Morgan fingerprint density at radius 2 is 1.28 bits per heavy atom. The highest BCUT2D eigenvalue weighted by molar-refractivity contribution is 6.07. The Morgan fingerprint density at radius 1 is 0.696 bits per heavy atom. The molecule has 3 rings (SSSR count). The van der Waals surface area contributed by atoms with E-state index in [1.165, 1.54) is 0 Å². The Kier molecular flexibility index (Phi) is 12.6. The molecule has 14 heteroatoms. The van der Waals surface area contributed by atoms with Gasteiger partial charge in [0.1, 0.15) is 23.8 Å². The number of nitrogen functional groups attached to an aromatic ring is 2. The maximum atomic E-state index is 13.9. The predicted octanol–water partition coefficient (Wildman–Crippen LogP) is 0.311. The maximum absolute atomic E-state index is 13.9. The van der Waals surface area contributed by atoms with Crippen LogP contribution in [0.2, 0.25) is 0 Å². The number of para-hydroxylation sites is 1. The minimum Gasteiger partial charge on any atom is -0.399 e. The van der Waals surface area contributed by atoms with Crippen LogP contribution in [0.25, 0.3) is 0 Å². The fraction of sp³-hybridized carbons (Fsp3) is 0.250. The summed E-state index contributed by atoms with van der Waals surface area (Å²) in [6, 6.07) is 19.7. The lowest BCUT2D eigenvalue weighted by Gasteiger charge is -2.24. The van der Waals surface area contributed by atoms with E-state index in [9.17, 15) is 19.2 Å². The van der Waals surface area contributed by atoms with Gasteiger partial charge in [-0.1, -0.05) is 54.6 Å². The van der Waals surface area contributed by atoms with Crippen molar-refractivity contribution in [2.24, 2.45) is 23.1 Å². The molecule has 3 aromatic rings. The van der Waals surface area contributed by atoms with Crippen molar-refractivity contribution in [1.29, 1.82) is 10.8 Å². The topological polar surface area (TPSA) is 268 Å². The third-order valence-electron chi connectivity index (χ3n) is 7.08. The standard InChI is InChI=1S/C32H40N10O4/c33-22-14-10-20(11-15-22)18-26(31(46)41-25(28(36)43)7-4-16-39-32(37)38)42-30(45)24(29(44)40-23-5-2-1-3-6-23)17-19-8-12-21(13-9-19)27(34)35/h1-3,5-6,8-15,24-26H,4,7,16-18,33H2,(H3,34,35)(H2,36,43)(H,40,44)(H,41,46)(H,42,45)(H4,37,38,39)/t24?,25-,26?/m0/s1. The van der Waals surface area contributed by atoms with E-state index in [1.807, 2.05) is 0 Å². The third-order valence-corrected chi connectivity index (χ3v) is 7.08. The van der Waals surface area contributed by atoms with Crippen LogP contribution in [-0.4, -0.2) is 54.1 Å². The Bertz CT molecular complexity index is 1530. The highest BCUT2D eigenvalue weighted by atomic mass is 16.2. The zero-order chi connectivity index (χ0) is 33.6. The van der Waals surface area contributed by atoms with Crippen molar-refractivity contribution in [2.75, 3.05) is 17.6 Å². The molecule has 14 N–H and O–H groups in total. The van der Waals surface area contributed by atoms with Gasteiger partial charge < -0.3 is 44.2 Å². The number of guanidine groups is 1. The number of carbonyl (C=O) groups excluding carboxylic acids is 4. The number of carbonyl (C=O) groups is 4. The first-order chi connectivity index (χ1) is 21.9. The van der Waals surface area contributed by atoms with E-state index < -0.39 is 41.6 Å². The molecule has 0 aliphatic heterocycles. The zero-order valence-corrected chi connectivity index (χ0v) is 25.2. The van der Waals surface area contributed by atoms with E-state index in [-0.39, 0.29) is 37.6 Å². The van der Waals surface area contributed by atoms with Gasteiger partial charge in [0.25, 0.3) is 0 Å². The molecule has 2 unspecified atom stereocenters. The summed E-state index contributed by atoms with van der Waals surface area (Å²) in [6.45, 7) is 0.284. The van der Waals surface area contributed by atoms with Crippen molar-refractivity contribution >= 4 is 46.8 Å². The molecule has 0 aromatic heterocycles. The van der Waals surface area contributed by atoms with Gasteiger partial charge in [0.15, 0.2) is 5.96 Å². The average Bonchev–Trinajstić information content (AvgIpc) is 3.02. The van der Waals surface area contributed by atoms with Crippen molar-refractivity contribution in [3.05, 3.63) is 95.6 Å². The van der Waals surface area contributed by atoms with Crippen LogP contribution in [0.15, 0.2) is 78.9 Å². The van der Waals surface area contributed by atoms with Crippen LogP contribution in [-0.2, 0) is 32.0 Å². The van der Waals surface area contributed by atoms with E-state index in [0.717, 1.165) is 0 Å². The first-order valence-electron chi connectivity index (χ1n) is 14.5. The quantitative estimate of drug-likeness (QED) is 0.0346. The van der Waals surface area contributed by atoms with Crippen LogP contribution >= 0.6 is 0 Å². The molecule has 242 valence electrons. The molecule has 0 aliphatic rings. The number of hydrogen-bond acceptors (Lipinski definition) is 7. The second kappa shape index (κ2) is 16.8. The maximum Gasteiger partial charge on any atom is 0.243 e. The molecule has 3 aromatic carbocycles. The number of rotatable bonds is 16. The molecule has 0 aliphatic carbocycles. The molecule has 4 amide bonds. The summed E-state index contributed by atoms with van der Waals surface area (Å²) in [5.41, 5.74) is 25.0. The fourth-order valence-electron chi connectivity index (χ4n) is 4.57. The van der Waals surface area contributed by atoms with Crippen LogP contribution in [0.3, 0.4) is 0 Å². The van der Waals surface area contributed by atoms with Crippen LogP contribution in [0.1, 0.15) is 29.5 Å². The third kappa shape index (κ3) is 11.0. The van der Waals surface area contributed by atoms with Gasteiger partial charge in [-0.05, 0) is 54.7 Å². The molecule has 0 heterocycles. The van der Waals surface area contributed by atoms with E-state index in [0.29, 0.717) is 34.5 Å². The summed E-state index contributed by atoms with van der Waals surface area (Å²) >= 11 is 0. The highest BCUT2D eigenvalue weighted by Gasteiger charge is 2.32. The smallest absolute Gasteiger partial charge is 0.243 e. The predicted molar refractivity (Wildman–Crippen MR) is 176 cm³/mol. The van der Waals surface area contributed by atoms with Gasteiger partial charge in [-0.25, -0.2) is 0 Å². The number of amides is 4. The van der Waals surface area contributed by atoms with Gasteiger partial charge in [-0.3, -0.25) is 30.0 Å². The first-order valence-corrected chi connectivity index (χ1v) is 14.5. The van der Waals surface area contributed by atoms with Crippen LogP contribution in [0, 0.1) is 16.7 Å². The lowest BCUT2D eigenvalue weighted by atomic mass is 9.95. The molecule has 46 heavy (non-hydrogen) atoms. The number of anilines is 2. The molecule has 0 bridgehead atoms. The number of primary amides is 1. The van der Waals surface area contributed by atoms with Crippen LogP contribution < -0.4 is 44.2 Å². The summed E-state index contributed by atoms with van der Waals surface area (Å²) < 4.78 is 0. The van der Waals surface area contributed by atoms with Gasteiger partial charge in [-0.15, -0.1) is 0 Å². The number of nitrogens with two attached hydrogens (primary N) is 4. The van der Waals surface area contributed by atoms with Gasteiger partial charge in [0, 0.05) is 29.9 Å². The molecule has 0 radical (unpaired) electrons. The number of amidine groups is 1. The summed E-state index contributed by atoms with van der Waals surface area (Å²) in [5, 5.41) is 25.6. The first kappa shape index (κ1) is 34.6. The average molecular weight is 629 g/mol. The summed E-state index contributed by atoms with van der Waals surface area (Å²) in [4.78, 5) is 53.1. The van der Waals surface area contributed by atoms with Crippen LogP contribution in [0.4, 0.5) is 11.4 Å².